The summed E-state index contributed by atoms with van der Waals surface area (Å²) in [5.74, 6) is 1.91. The molecule has 0 spiro atoms. The number of fused-ring (bicyclic) bond motifs is 3. The molecule has 3 aliphatic heterocycles. The summed E-state index contributed by atoms with van der Waals surface area (Å²) in [6, 6.07) is 62.8. The van der Waals surface area contributed by atoms with Crippen LogP contribution in [0.4, 0.5) is 22.7 Å². The molecule has 2 aromatic heterocycles. The van der Waals surface area contributed by atoms with Crippen molar-refractivity contribution < 1.29 is 29.9 Å². The molecule has 0 saturated carbocycles. The first kappa shape index (κ1) is 34.7. The summed E-state index contributed by atoms with van der Waals surface area (Å²) in [7, 11) is 0. The maximum atomic E-state index is 8.83. The second-order valence-corrected chi connectivity index (χ2v) is 16.7. The van der Waals surface area contributed by atoms with E-state index in [4.69, 9.17) is 13.8 Å². The van der Waals surface area contributed by atoms with Crippen molar-refractivity contribution in [1.29, 1.82) is 0 Å². The molecule has 0 aliphatic carbocycles. The first-order valence-corrected chi connectivity index (χ1v) is 20.1. The molecule has 0 unspecified atom stereocenters. The molecule has 6 heteroatoms. The third-order valence-corrected chi connectivity index (χ3v) is 12.1. The molecule has 0 N–H and O–H groups in total. The number of nitrogens with zero attached hydrogens (tertiary/aromatic N) is 4. The molecule has 2 atom stereocenters. The zero-order chi connectivity index (χ0) is 42.4. The van der Waals surface area contributed by atoms with Crippen LogP contribution < -0.4 is 13.7 Å². The molecule has 2 bridgehead atoms. The summed E-state index contributed by atoms with van der Waals surface area (Å²) in [4.78, 5) is 4.84. The molecule has 9 aromatic rings. The number of ether oxygens (including phenoxy) is 1. The SMILES string of the molecule is [2H]C([2H])([2H])c1cccc2c1[N@@+]1(c3c(-c4ccccc4)cccc3-c3ccccc3)[CH-][N@+]2(c2[c-]c(Oc3[c-]c4c(cc3)c3ccccc3n4-c3cc(C(C)(C)C)ccn3)ccc2)C1.[Pt]. The Labute approximate surface area is 370 Å². The minimum absolute atomic E-state index is 0. The molecule has 60 heavy (non-hydrogen) atoms. The normalized spacial score (nSPS) is 18.8. The zero-order valence-electron chi connectivity index (χ0n) is 36.5. The van der Waals surface area contributed by atoms with Crippen LogP contribution in [0.25, 0.3) is 49.9 Å². The van der Waals surface area contributed by atoms with Gasteiger partial charge in [-0.25, -0.2) is 4.98 Å². The largest absolute Gasteiger partial charge is 0.509 e. The van der Waals surface area contributed by atoms with Gasteiger partial charge in [0.2, 0.25) is 0 Å². The summed E-state index contributed by atoms with van der Waals surface area (Å²) >= 11 is 0. The van der Waals surface area contributed by atoms with Crippen molar-refractivity contribution in [1.82, 2.24) is 18.5 Å². The van der Waals surface area contributed by atoms with Crippen molar-refractivity contribution in [3.63, 3.8) is 0 Å². The quantitative estimate of drug-likeness (QED) is 0.118. The molecule has 5 nitrogen and oxygen atoms in total. The molecular formula is C54H43N4OPt-. The summed E-state index contributed by atoms with van der Waals surface area (Å²) in [5, 5.41) is 2.17. The van der Waals surface area contributed by atoms with Gasteiger partial charge in [-0.05, 0) is 64.7 Å². The number of hydrogen-bond donors (Lipinski definition) is 0. The number of pyridine rings is 1. The molecular weight excluding hydrogens is 916 g/mol. The van der Waals surface area contributed by atoms with Gasteiger partial charge in [-0.2, -0.15) is 12.1 Å². The molecule has 0 amide bonds. The van der Waals surface area contributed by atoms with Crippen LogP contribution in [0.2, 0.25) is 0 Å². The van der Waals surface area contributed by atoms with E-state index < -0.39 is 6.85 Å². The minimum Gasteiger partial charge on any atom is -0.509 e. The van der Waals surface area contributed by atoms with E-state index in [1.807, 2.05) is 42.6 Å². The second kappa shape index (κ2) is 14.3. The standard InChI is InChI=1S/C54H43N4O.Pt/c1-37-16-13-27-50-52(37)58(53-44(38-17-7-5-8-18-38)24-15-25-45(53)39-19-9-6-10-20-39)35-57(50,36-58)41-21-14-22-42(33-41)59-43-28-29-47-46-23-11-12-26-48(46)56(49(47)34-43)51-32-40(30-31-55-51)54(2,3)4;/h5-32,35H,36H2,1-4H3;/q-1;/t57-,58-;/m1./s1/i1D3;. The smallest absolute Gasteiger partial charge is 0.184 e. The van der Waals surface area contributed by atoms with Gasteiger partial charge in [-0.1, -0.05) is 129 Å². The fraction of sp³-hybridized carbons (Fsp3) is 0.111. The number of aryl methyl sites for hydroxylation is 1. The Hall–Kier alpha value is -6.10. The van der Waals surface area contributed by atoms with E-state index in [-0.39, 0.29) is 31.0 Å². The van der Waals surface area contributed by atoms with E-state index in [9.17, 15) is 0 Å². The maximum Gasteiger partial charge on any atom is 0.184 e. The first-order valence-electron chi connectivity index (χ1n) is 21.6. The van der Waals surface area contributed by atoms with Crippen molar-refractivity contribution in [3.8, 4) is 39.6 Å². The van der Waals surface area contributed by atoms with Gasteiger partial charge < -0.3 is 13.8 Å². The summed E-state index contributed by atoms with van der Waals surface area (Å²) in [5.41, 5.74) is 11.2. The van der Waals surface area contributed by atoms with Gasteiger partial charge in [0.25, 0.3) is 0 Å². The maximum absolute atomic E-state index is 8.83. The van der Waals surface area contributed by atoms with E-state index in [1.165, 1.54) is 5.56 Å². The summed E-state index contributed by atoms with van der Waals surface area (Å²) < 4.78 is 35.9. The average Bonchev–Trinajstić information content (AvgIpc) is 3.87. The summed E-state index contributed by atoms with van der Waals surface area (Å²) in [6.45, 7) is 7.09. The number of rotatable bonds is 7. The Morgan fingerprint density at radius 3 is 2.05 bits per heavy atom. The van der Waals surface area contributed by atoms with Gasteiger partial charge in [0.15, 0.2) is 18.0 Å². The zero-order valence-corrected chi connectivity index (χ0v) is 35.7. The Morgan fingerprint density at radius 1 is 0.667 bits per heavy atom. The van der Waals surface area contributed by atoms with Crippen molar-refractivity contribution in [3.05, 3.63) is 200 Å². The fourth-order valence-corrected chi connectivity index (χ4v) is 9.41. The number of aromatic nitrogens is 2. The Morgan fingerprint density at radius 2 is 1.33 bits per heavy atom. The Kier molecular flexibility index (Phi) is 8.26. The van der Waals surface area contributed by atoms with Gasteiger partial charge in [-0.3, -0.25) is 4.48 Å². The van der Waals surface area contributed by atoms with Gasteiger partial charge in [0.05, 0.1) is 6.67 Å². The van der Waals surface area contributed by atoms with Gasteiger partial charge in [0, 0.05) is 76.8 Å². The van der Waals surface area contributed by atoms with Crippen molar-refractivity contribution in [2.45, 2.75) is 33.0 Å². The predicted molar refractivity (Wildman–Crippen MR) is 242 cm³/mol. The predicted octanol–water partition coefficient (Wildman–Crippen LogP) is 13.9. The third-order valence-electron chi connectivity index (χ3n) is 12.1. The number of para-hydroxylation sites is 3. The molecule has 7 aromatic carbocycles. The van der Waals surface area contributed by atoms with Crippen LogP contribution >= 0.6 is 0 Å². The molecule has 296 valence electrons. The van der Waals surface area contributed by atoms with E-state index >= 15 is 0 Å². The van der Waals surface area contributed by atoms with Crippen LogP contribution in [-0.4, -0.2) is 16.2 Å². The van der Waals surface area contributed by atoms with Gasteiger partial charge >= 0.3 is 0 Å². The minimum atomic E-state index is -2.35. The van der Waals surface area contributed by atoms with E-state index in [0.29, 0.717) is 28.2 Å². The second-order valence-electron chi connectivity index (χ2n) is 16.7. The Bertz CT molecular complexity index is 3150. The first-order chi connectivity index (χ1) is 29.9. The topological polar surface area (TPSA) is 27.1 Å². The molecule has 12 rings (SSSR count). The van der Waals surface area contributed by atoms with Crippen molar-refractivity contribution >= 4 is 44.6 Å². The average molecular weight is 962 g/mol. The van der Waals surface area contributed by atoms with Crippen LogP contribution in [0.3, 0.4) is 0 Å². The molecule has 3 aliphatic rings. The van der Waals surface area contributed by atoms with Crippen molar-refractivity contribution in [2.75, 3.05) is 6.67 Å². The van der Waals surface area contributed by atoms with E-state index in [1.54, 1.807) is 6.07 Å². The van der Waals surface area contributed by atoms with Gasteiger partial charge in [0.1, 0.15) is 11.5 Å². The van der Waals surface area contributed by atoms with Crippen LogP contribution in [-0.2, 0) is 26.5 Å². The van der Waals surface area contributed by atoms with Crippen molar-refractivity contribution in [2.24, 2.45) is 0 Å². The number of quaternary nitrogens is 2. The third kappa shape index (κ3) is 5.83. The van der Waals surface area contributed by atoms with Gasteiger partial charge in [-0.15, -0.1) is 29.7 Å². The monoisotopic (exact) mass is 961 g/mol. The molecule has 0 radical (unpaired) electrons. The molecule has 1 fully saturated rings. The Balaban J connectivity index is 0.00000471. The van der Waals surface area contributed by atoms with Crippen LogP contribution in [0.1, 0.15) is 36.0 Å². The van der Waals surface area contributed by atoms with Crippen LogP contribution in [0.15, 0.2) is 170 Å². The van der Waals surface area contributed by atoms with Crippen LogP contribution in [0, 0.1) is 25.7 Å². The van der Waals surface area contributed by atoms with E-state index in [2.05, 4.69) is 165 Å². The molecule has 1 saturated heterocycles. The van der Waals surface area contributed by atoms with Crippen LogP contribution in [0.5, 0.6) is 11.5 Å². The fourth-order valence-electron chi connectivity index (χ4n) is 9.41. The summed E-state index contributed by atoms with van der Waals surface area (Å²) in [6.07, 6.45) is 1.88. The molecule has 5 heterocycles. The number of benzene rings is 7. The number of hydrogen-bond acceptors (Lipinski definition) is 2. The van der Waals surface area contributed by atoms with E-state index in [0.717, 1.165) is 72.6 Å².